The number of nitrogens with zero attached hydrogens (tertiary/aromatic N) is 5. The molecule has 1 radical (unpaired) electrons. The number of rotatable bonds is 5. The average molecular weight is 619 g/mol. The molecule has 8 heteroatoms. The maximum absolute atomic E-state index is 9.63. The number of para-hydroxylation sites is 1. The summed E-state index contributed by atoms with van der Waals surface area (Å²) in [5, 5.41) is 9.63. The molecule has 0 saturated heterocycles. The monoisotopic (exact) mass is 619 g/mol. The fourth-order valence-electron chi connectivity index (χ4n) is 3.76. The van der Waals surface area contributed by atoms with Gasteiger partial charge in [-0.15, -0.1) is 0 Å². The fraction of sp³-hybridized carbons (Fsp3) is 0.156. The molecule has 0 saturated carbocycles. The van der Waals surface area contributed by atoms with Crippen LogP contribution in [-0.2, 0) is 24.2 Å². The van der Waals surface area contributed by atoms with Gasteiger partial charge in [-0.1, -0.05) is 49.7 Å². The Hall–Kier alpha value is -4.29. The van der Waals surface area contributed by atoms with E-state index in [-0.39, 0.29) is 31.3 Å². The molecule has 6 rings (SSSR count). The number of pyridine rings is 4. The number of ether oxygens (including phenoxy) is 1. The van der Waals surface area contributed by atoms with E-state index in [1.165, 1.54) is 0 Å². The van der Waals surface area contributed by atoms with Crippen molar-refractivity contribution in [2.45, 2.75) is 25.8 Å². The first-order valence-electron chi connectivity index (χ1n) is 12.9. The summed E-state index contributed by atoms with van der Waals surface area (Å²) in [6, 6.07) is 30.6. The van der Waals surface area contributed by atoms with Crippen LogP contribution < -0.4 is 0 Å². The van der Waals surface area contributed by atoms with Gasteiger partial charge in [0.05, 0.1) is 34.4 Å². The Balaban J connectivity index is 0.000000165. The van der Waals surface area contributed by atoms with Crippen LogP contribution in [0.2, 0.25) is 0 Å². The SMILES string of the molecule is CCC[C@H]1COC(c2ccccc2O)=N1.[Ru+].c1ccc(-c2ccccn2)nc1.c1ccc(-c2ccccn2)nc1. The van der Waals surface area contributed by atoms with Crippen LogP contribution in [0.4, 0.5) is 0 Å². The van der Waals surface area contributed by atoms with Crippen molar-refractivity contribution in [3.63, 3.8) is 0 Å². The summed E-state index contributed by atoms with van der Waals surface area (Å²) in [6.45, 7) is 2.77. The fourth-order valence-corrected chi connectivity index (χ4v) is 3.76. The van der Waals surface area contributed by atoms with Crippen LogP contribution in [0.3, 0.4) is 0 Å². The summed E-state index contributed by atoms with van der Waals surface area (Å²) in [5.41, 5.74) is 4.35. The number of benzene rings is 1. The van der Waals surface area contributed by atoms with E-state index in [1.807, 2.05) is 84.9 Å². The second-order valence-electron chi connectivity index (χ2n) is 8.56. The summed E-state index contributed by atoms with van der Waals surface area (Å²) in [7, 11) is 0. The molecular formula is C32H31N5O2Ru+. The van der Waals surface area contributed by atoms with Gasteiger partial charge in [-0.3, -0.25) is 19.9 Å². The molecule has 0 bridgehead atoms. The predicted octanol–water partition coefficient (Wildman–Crippen LogP) is 6.62. The minimum absolute atomic E-state index is 0. The minimum atomic E-state index is 0. The molecule has 1 aliphatic rings. The van der Waals surface area contributed by atoms with E-state index in [1.54, 1.807) is 36.9 Å². The first-order chi connectivity index (χ1) is 19.2. The van der Waals surface area contributed by atoms with E-state index < -0.39 is 0 Å². The van der Waals surface area contributed by atoms with Gasteiger partial charge >= 0.3 is 19.5 Å². The Labute approximate surface area is 247 Å². The number of phenolic OH excluding ortho intramolecular Hbond substituents is 1. The number of phenols is 1. The molecule has 1 atom stereocenters. The molecule has 7 nitrogen and oxygen atoms in total. The van der Waals surface area contributed by atoms with Gasteiger partial charge in [-0.2, -0.15) is 0 Å². The molecule has 40 heavy (non-hydrogen) atoms. The zero-order valence-corrected chi connectivity index (χ0v) is 23.9. The van der Waals surface area contributed by atoms with Gasteiger partial charge in [0.15, 0.2) is 0 Å². The van der Waals surface area contributed by atoms with Gasteiger partial charge in [0, 0.05) is 24.8 Å². The summed E-state index contributed by atoms with van der Waals surface area (Å²) in [5.74, 6) is 0.806. The van der Waals surface area contributed by atoms with Crippen molar-refractivity contribution in [3.8, 4) is 28.5 Å². The molecule has 0 aliphatic carbocycles. The normalized spacial score (nSPS) is 13.2. The minimum Gasteiger partial charge on any atom is -0.507 e. The number of aliphatic imine (C=N–C) groups is 1. The van der Waals surface area contributed by atoms with Crippen molar-refractivity contribution < 1.29 is 29.3 Å². The van der Waals surface area contributed by atoms with Crippen LogP contribution in [0.25, 0.3) is 22.8 Å². The zero-order chi connectivity index (χ0) is 27.1. The Kier molecular flexibility index (Phi) is 12.6. The first kappa shape index (κ1) is 30.3. The second kappa shape index (κ2) is 16.6. The average Bonchev–Trinajstić information content (AvgIpc) is 3.48. The summed E-state index contributed by atoms with van der Waals surface area (Å²) in [6.07, 6.45) is 9.21. The molecule has 4 aromatic heterocycles. The Morgan fingerprint density at radius 1 is 0.650 bits per heavy atom. The largest absolute Gasteiger partial charge is 1.00 e. The van der Waals surface area contributed by atoms with Crippen LogP contribution in [0.1, 0.15) is 25.3 Å². The molecule has 5 heterocycles. The van der Waals surface area contributed by atoms with Gasteiger partial charge in [-0.25, -0.2) is 4.99 Å². The van der Waals surface area contributed by atoms with Crippen LogP contribution >= 0.6 is 0 Å². The number of aromatic hydroxyl groups is 1. The summed E-state index contributed by atoms with van der Waals surface area (Å²) in [4.78, 5) is 21.2. The summed E-state index contributed by atoms with van der Waals surface area (Å²) >= 11 is 0. The first-order valence-corrected chi connectivity index (χ1v) is 12.9. The van der Waals surface area contributed by atoms with E-state index in [2.05, 4.69) is 31.9 Å². The molecular weight excluding hydrogens is 587 g/mol. The third kappa shape index (κ3) is 9.17. The van der Waals surface area contributed by atoms with Crippen LogP contribution in [-0.4, -0.2) is 43.6 Å². The van der Waals surface area contributed by atoms with Gasteiger partial charge in [0.25, 0.3) is 0 Å². The maximum atomic E-state index is 9.63. The predicted molar refractivity (Wildman–Crippen MR) is 154 cm³/mol. The van der Waals surface area contributed by atoms with E-state index in [0.717, 1.165) is 35.6 Å². The Bertz CT molecular complexity index is 1270. The molecule has 1 aromatic carbocycles. The third-order valence-corrected chi connectivity index (χ3v) is 5.65. The third-order valence-electron chi connectivity index (χ3n) is 5.65. The van der Waals surface area contributed by atoms with E-state index in [0.29, 0.717) is 18.1 Å². The van der Waals surface area contributed by atoms with Crippen LogP contribution in [0, 0.1) is 0 Å². The molecule has 1 aliphatic heterocycles. The maximum Gasteiger partial charge on any atom is 1.00 e. The van der Waals surface area contributed by atoms with E-state index in [4.69, 9.17) is 4.74 Å². The zero-order valence-electron chi connectivity index (χ0n) is 22.2. The number of aromatic nitrogens is 4. The standard InChI is InChI=1S/C12H15NO2.2C10H8N2.Ru/c1-2-5-9-8-15-12(13-9)10-6-3-4-7-11(10)14;2*1-3-7-11-9(5-1)10-6-2-4-8-12-10;/h3-4,6-7,9,14H,2,5,8H2,1H3;2*1-8H;/q;;;+1/t9-;;;/m0.../s1. The van der Waals surface area contributed by atoms with Crippen molar-refractivity contribution >= 4 is 5.90 Å². The second-order valence-corrected chi connectivity index (χ2v) is 8.56. The molecule has 1 N–H and O–H groups in total. The quantitative estimate of drug-likeness (QED) is 0.223. The van der Waals surface area contributed by atoms with Gasteiger partial charge < -0.3 is 9.84 Å². The number of hydrogen-bond acceptors (Lipinski definition) is 7. The Morgan fingerprint density at radius 2 is 1.07 bits per heavy atom. The van der Waals surface area contributed by atoms with Crippen LogP contribution in [0.15, 0.2) is 127 Å². The molecule has 203 valence electrons. The van der Waals surface area contributed by atoms with Crippen LogP contribution in [0.5, 0.6) is 5.75 Å². The Morgan fingerprint density at radius 3 is 1.45 bits per heavy atom. The van der Waals surface area contributed by atoms with E-state index in [9.17, 15) is 5.11 Å². The van der Waals surface area contributed by atoms with E-state index >= 15 is 0 Å². The van der Waals surface area contributed by atoms with Gasteiger partial charge in [-0.05, 0) is 67.1 Å². The van der Waals surface area contributed by atoms with Gasteiger partial charge in [0.1, 0.15) is 12.4 Å². The molecule has 5 aromatic rings. The molecule has 0 spiro atoms. The smallest absolute Gasteiger partial charge is 0.507 e. The van der Waals surface area contributed by atoms with Crippen molar-refractivity contribution in [2.75, 3.05) is 6.61 Å². The van der Waals surface area contributed by atoms with Crippen molar-refractivity contribution in [1.82, 2.24) is 19.9 Å². The number of hydrogen-bond donors (Lipinski definition) is 1. The van der Waals surface area contributed by atoms with Crippen molar-refractivity contribution in [3.05, 3.63) is 127 Å². The van der Waals surface area contributed by atoms with Gasteiger partial charge in [0.2, 0.25) is 5.90 Å². The van der Waals surface area contributed by atoms with Crippen molar-refractivity contribution in [2.24, 2.45) is 4.99 Å². The molecule has 0 unspecified atom stereocenters. The van der Waals surface area contributed by atoms with Crippen molar-refractivity contribution in [1.29, 1.82) is 0 Å². The topological polar surface area (TPSA) is 93.4 Å². The summed E-state index contributed by atoms with van der Waals surface area (Å²) < 4.78 is 5.48. The molecule has 0 amide bonds. The molecule has 0 fully saturated rings.